The molecular weight excluding hydrogens is 234 g/mol. The molecule has 0 unspecified atom stereocenters. The highest BCUT2D eigenvalue weighted by Gasteiger charge is 2.35. The largest absolute Gasteiger partial charge is 0.463 e. The second-order valence-electron chi connectivity index (χ2n) is 4.91. The number of nitrogens with one attached hydrogen (secondary N) is 1. The predicted octanol–water partition coefficient (Wildman–Crippen LogP) is 0.972. The second-order valence-corrected chi connectivity index (χ2v) is 4.91. The van der Waals surface area contributed by atoms with E-state index in [4.69, 9.17) is 14.2 Å². The van der Waals surface area contributed by atoms with Gasteiger partial charge in [0.25, 0.3) is 0 Å². The Bertz CT molecular complexity index is 239. The van der Waals surface area contributed by atoms with Crippen LogP contribution in [0.2, 0.25) is 0 Å². The zero-order chi connectivity index (χ0) is 13.3. The van der Waals surface area contributed by atoms with Gasteiger partial charge in [-0.15, -0.1) is 0 Å². The Labute approximate surface area is 109 Å². The quantitative estimate of drug-likeness (QED) is 0.520. The Morgan fingerprint density at radius 1 is 1.17 bits per heavy atom. The topological polar surface area (TPSA) is 56.8 Å². The average molecular weight is 259 g/mol. The van der Waals surface area contributed by atoms with Crippen molar-refractivity contribution in [2.75, 3.05) is 46.6 Å². The number of carbonyl (C=O) groups is 1. The highest BCUT2D eigenvalue weighted by atomic mass is 16.6. The highest BCUT2D eigenvalue weighted by molar-refractivity contribution is 5.76. The summed E-state index contributed by atoms with van der Waals surface area (Å²) in [5.41, 5.74) is -0.318. The van der Waals surface area contributed by atoms with E-state index >= 15 is 0 Å². The third-order valence-corrected chi connectivity index (χ3v) is 3.30. The monoisotopic (exact) mass is 259 g/mol. The van der Waals surface area contributed by atoms with Crippen LogP contribution < -0.4 is 5.32 Å². The summed E-state index contributed by atoms with van der Waals surface area (Å²) in [4.78, 5) is 11.9. The van der Waals surface area contributed by atoms with E-state index in [-0.39, 0.29) is 11.4 Å². The summed E-state index contributed by atoms with van der Waals surface area (Å²) < 4.78 is 15.5. The minimum atomic E-state index is -0.318. The Morgan fingerprint density at radius 3 is 2.56 bits per heavy atom. The Balaban J connectivity index is 2.05. The average Bonchev–Trinajstić information content (AvgIpc) is 2.38. The van der Waals surface area contributed by atoms with Gasteiger partial charge in [-0.25, -0.2) is 0 Å². The highest BCUT2D eigenvalue weighted by Crippen LogP contribution is 2.29. The molecule has 1 aliphatic rings. The molecule has 1 aliphatic heterocycles. The van der Waals surface area contributed by atoms with Gasteiger partial charge in [0.05, 0.1) is 12.0 Å². The lowest BCUT2D eigenvalue weighted by atomic mass is 9.81. The van der Waals surface area contributed by atoms with Crippen molar-refractivity contribution in [2.24, 2.45) is 5.41 Å². The van der Waals surface area contributed by atoms with E-state index in [1.165, 1.54) is 0 Å². The van der Waals surface area contributed by atoms with Crippen LogP contribution in [0.1, 0.15) is 26.2 Å². The van der Waals surface area contributed by atoms with Crippen LogP contribution in [0.25, 0.3) is 0 Å². The molecule has 1 heterocycles. The zero-order valence-electron chi connectivity index (χ0n) is 11.5. The summed E-state index contributed by atoms with van der Waals surface area (Å²) in [6.45, 7) is 5.91. The van der Waals surface area contributed by atoms with Crippen molar-refractivity contribution in [1.82, 2.24) is 5.32 Å². The summed E-state index contributed by atoms with van der Waals surface area (Å²) in [6, 6.07) is 0. The first kappa shape index (κ1) is 15.4. The van der Waals surface area contributed by atoms with E-state index in [1.807, 2.05) is 6.92 Å². The molecule has 0 bridgehead atoms. The van der Waals surface area contributed by atoms with Crippen molar-refractivity contribution in [3.63, 3.8) is 0 Å². The van der Waals surface area contributed by atoms with Crippen LogP contribution in [-0.2, 0) is 19.0 Å². The fourth-order valence-corrected chi connectivity index (χ4v) is 1.96. The van der Waals surface area contributed by atoms with Gasteiger partial charge in [0.1, 0.15) is 6.61 Å². The lowest BCUT2D eigenvalue weighted by Gasteiger charge is -2.31. The second kappa shape index (κ2) is 8.45. The number of piperidine rings is 1. The lowest BCUT2D eigenvalue weighted by Crippen LogP contribution is -2.41. The summed E-state index contributed by atoms with van der Waals surface area (Å²) in [5.74, 6) is -0.0931. The molecule has 0 amide bonds. The van der Waals surface area contributed by atoms with Crippen molar-refractivity contribution < 1.29 is 19.0 Å². The molecule has 0 saturated carbocycles. The molecule has 5 nitrogen and oxygen atoms in total. The molecule has 1 rings (SSSR count). The first-order valence-electron chi connectivity index (χ1n) is 6.64. The van der Waals surface area contributed by atoms with Gasteiger partial charge >= 0.3 is 5.97 Å². The molecule has 106 valence electrons. The molecule has 1 fully saturated rings. The van der Waals surface area contributed by atoms with E-state index in [1.54, 1.807) is 7.11 Å². The number of hydrogen-bond donors (Lipinski definition) is 1. The van der Waals surface area contributed by atoms with Gasteiger partial charge < -0.3 is 19.5 Å². The number of hydrogen-bond acceptors (Lipinski definition) is 5. The zero-order valence-corrected chi connectivity index (χ0v) is 11.5. The number of carbonyl (C=O) groups excluding carboxylic acids is 1. The maximum atomic E-state index is 11.9. The van der Waals surface area contributed by atoms with Gasteiger partial charge in [-0.05, 0) is 39.3 Å². The van der Waals surface area contributed by atoms with Crippen molar-refractivity contribution in [3.8, 4) is 0 Å². The lowest BCUT2D eigenvalue weighted by molar-refractivity contribution is -0.158. The van der Waals surface area contributed by atoms with Crippen LogP contribution in [0.15, 0.2) is 0 Å². The Hall–Kier alpha value is -0.650. The molecule has 18 heavy (non-hydrogen) atoms. The van der Waals surface area contributed by atoms with Gasteiger partial charge in [0.15, 0.2) is 0 Å². The maximum absolute atomic E-state index is 11.9. The minimum absolute atomic E-state index is 0.0931. The molecule has 0 aromatic rings. The summed E-state index contributed by atoms with van der Waals surface area (Å²) in [7, 11) is 1.67. The van der Waals surface area contributed by atoms with E-state index < -0.39 is 0 Å². The first-order chi connectivity index (χ1) is 8.69. The summed E-state index contributed by atoms with van der Waals surface area (Å²) >= 11 is 0. The third-order valence-electron chi connectivity index (χ3n) is 3.30. The van der Waals surface area contributed by atoms with Crippen molar-refractivity contribution >= 4 is 5.97 Å². The van der Waals surface area contributed by atoms with Gasteiger partial charge in [0, 0.05) is 20.3 Å². The van der Waals surface area contributed by atoms with Crippen LogP contribution in [0.4, 0.5) is 0 Å². The predicted molar refractivity (Wildman–Crippen MR) is 68.5 cm³/mol. The van der Waals surface area contributed by atoms with E-state index in [0.29, 0.717) is 26.4 Å². The number of rotatable bonds is 8. The summed E-state index contributed by atoms with van der Waals surface area (Å²) in [6.07, 6.45) is 2.56. The molecule has 0 aliphatic carbocycles. The normalized spacial score (nSPS) is 18.6. The Morgan fingerprint density at radius 2 is 1.89 bits per heavy atom. The summed E-state index contributed by atoms with van der Waals surface area (Å²) in [5, 5.41) is 3.25. The smallest absolute Gasteiger partial charge is 0.311 e. The number of ether oxygens (including phenoxy) is 3. The van der Waals surface area contributed by atoms with Gasteiger partial charge in [0.2, 0.25) is 0 Å². The van der Waals surface area contributed by atoms with E-state index in [0.717, 1.165) is 32.4 Å². The number of esters is 1. The van der Waals surface area contributed by atoms with Crippen LogP contribution in [0, 0.1) is 5.41 Å². The van der Waals surface area contributed by atoms with Crippen LogP contribution in [0.5, 0.6) is 0 Å². The number of methoxy groups -OCH3 is 1. The van der Waals surface area contributed by atoms with Gasteiger partial charge in [-0.3, -0.25) is 4.79 Å². The minimum Gasteiger partial charge on any atom is -0.463 e. The Kier molecular flexibility index (Phi) is 7.23. The third kappa shape index (κ3) is 5.33. The van der Waals surface area contributed by atoms with E-state index in [2.05, 4.69) is 5.32 Å². The molecule has 0 radical (unpaired) electrons. The molecule has 0 aromatic carbocycles. The molecule has 1 N–H and O–H groups in total. The molecule has 5 heteroatoms. The van der Waals surface area contributed by atoms with Crippen molar-refractivity contribution in [3.05, 3.63) is 0 Å². The maximum Gasteiger partial charge on any atom is 0.311 e. The molecule has 0 aromatic heterocycles. The van der Waals surface area contributed by atoms with Crippen molar-refractivity contribution in [2.45, 2.75) is 26.2 Å². The SMILES string of the molecule is COCCCOCCOC(=O)C1(C)CCNCC1. The fraction of sp³-hybridized carbons (Fsp3) is 0.923. The standard InChI is InChI=1S/C13H25NO4/c1-13(4-6-14-7-5-13)12(15)18-11-10-17-9-3-8-16-2/h14H,3-11H2,1-2H3. The molecule has 1 saturated heterocycles. The van der Waals surface area contributed by atoms with Crippen LogP contribution in [0.3, 0.4) is 0 Å². The van der Waals surface area contributed by atoms with Crippen molar-refractivity contribution in [1.29, 1.82) is 0 Å². The first-order valence-corrected chi connectivity index (χ1v) is 6.64. The fourth-order valence-electron chi connectivity index (χ4n) is 1.96. The van der Waals surface area contributed by atoms with Crippen LogP contribution >= 0.6 is 0 Å². The van der Waals surface area contributed by atoms with Crippen LogP contribution in [-0.4, -0.2) is 52.6 Å². The van der Waals surface area contributed by atoms with Gasteiger partial charge in [-0.2, -0.15) is 0 Å². The molecular formula is C13H25NO4. The molecule has 0 spiro atoms. The van der Waals surface area contributed by atoms with E-state index in [9.17, 15) is 4.79 Å². The van der Waals surface area contributed by atoms with Gasteiger partial charge in [-0.1, -0.05) is 0 Å². The molecule has 0 atom stereocenters.